The Kier molecular flexibility index (Phi) is 4.17. The van der Waals surface area contributed by atoms with Crippen molar-refractivity contribution in [3.05, 3.63) is 65.0 Å². The van der Waals surface area contributed by atoms with Crippen molar-refractivity contribution in [3.63, 3.8) is 0 Å². The minimum atomic E-state index is -0.231. The molecule has 0 amide bonds. The minimum absolute atomic E-state index is 0.00358. The fourth-order valence-corrected chi connectivity index (χ4v) is 2.05. The van der Waals surface area contributed by atoms with E-state index in [0.717, 1.165) is 16.7 Å². The van der Waals surface area contributed by atoms with Gasteiger partial charge in [0.1, 0.15) is 11.6 Å². The van der Waals surface area contributed by atoms with Crippen LogP contribution in [0.1, 0.15) is 29.7 Å². The van der Waals surface area contributed by atoms with Crippen LogP contribution in [-0.2, 0) is 6.54 Å². The maximum absolute atomic E-state index is 13.1. The molecule has 0 aromatic heterocycles. The van der Waals surface area contributed by atoms with Gasteiger partial charge in [-0.3, -0.25) is 0 Å². The highest BCUT2D eigenvalue weighted by molar-refractivity contribution is 5.37. The second-order valence-corrected chi connectivity index (χ2v) is 4.79. The Balaban J connectivity index is 2.03. The maximum atomic E-state index is 13.1. The third-order valence-corrected chi connectivity index (χ3v) is 3.15. The van der Waals surface area contributed by atoms with Gasteiger partial charge in [-0.2, -0.15) is 0 Å². The molecule has 2 aromatic rings. The molecular formula is C16H18FNO. The zero-order valence-electron chi connectivity index (χ0n) is 11.2. The number of halogens is 1. The number of hydrogen-bond donors (Lipinski definition) is 2. The van der Waals surface area contributed by atoms with E-state index >= 15 is 0 Å². The normalized spacial score (nSPS) is 12.4. The molecule has 2 aromatic carbocycles. The monoisotopic (exact) mass is 259 g/mol. The summed E-state index contributed by atoms with van der Waals surface area (Å²) < 4.78 is 13.1. The summed E-state index contributed by atoms with van der Waals surface area (Å²) in [5, 5.41) is 13.2. The Morgan fingerprint density at radius 1 is 1.21 bits per heavy atom. The molecule has 2 nitrogen and oxygen atoms in total. The molecule has 2 rings (SSSR count). The standard InChI is InChI=1S/C16H18FNO/c1-11-6-7-15(16(19)8-11)12(2)18-10-13-4-3-5-14(17)9-13/h3-9,12,18-19H,10H2,1-2H3. The molecule has 0 bridgehead atoms. The molecule has 2 N–H and O–H groups in total. The highest BCUT2D eigenvalue weighted by Gasteiger charge is 2.09. The SMILES string of the molecule is Cc1ccc(C(C)NCc2cccc(F)c2)c(O)c1. The van der Waals surface area contributed by atoms with E-state index in [9.17, 15) is 9.50 Å². The average Bonchev–Trinajstić information content (AvgIpc) is 2.36. The van der Waals surface area contributed by atoms with Crippen LogP contribution < -0.4 is 5.32 Å². The number of phenolic OH excluding ortho intramolecular Hbond substituents is 1. The molecule has 0 saturated carbocycles. The molecule has 0 aliphatic rings. The fourth-order valence-electron chi connectivity index (χ4n) is 2.05. The van der Waals surface area contributed by atoms with Crippen molar-refractivity contribution >= 4 is 0 Å². The Morgan fingerprint density at radius 2 is 2.00 bits per heavy atom. The van der Waals surface area contributed by atoms with E-state index in [0.29, 0.717) is 12.3 Å². The highest BCUT2D eigenvalue weighted by Crippen LogP contribution is 2.25. The van der Waals surface area contributed by atoms with Crippen LogP contribution in [0.5, 0.6) is 5.75 Å². The predicted molar refractivity (Wildman–Crippen MR) is 74.5 cm³/mol. The molecule has 0 aliphatic carbocycles. The minimum Gasteiger partial charge on any atom is -0.508 e. The first-order valence-electron chi connectivity index (χ1n) is 6.33. The Labute approximate surface area is 112 Å². The second kappa shape index (κ2) is 5.85. The smallest absolute Gasteiger partial charge is 0.123 e. The molecule has 0 spiro atoms. The molecule has 0 heterocycles. The maximum Gasteiger partial charge on any atom is 0.123 e. The van der Waals surface area contributed by atoms with E-state index in [1.165, 1.54) is 12.1 Å². The summed E-state index contributed by atoms with van der Waals surface area (Å²) in [5.74, 6) is 0.0596. The van der Waals surface area contributed by atoms with Gasteiger partial charge in [0.05, 0.1) is 0 Å². The number of benzene rings is 2. The predicted octanol–water partition coefficient (Wildman–Crippen LogP) is 3.69. The first kappa shape index (κ1) is 13.6. The quantitative estimate of drug-likeness (QED) is 0.877. The lowest BCUT2D eigenvalue weighted by atomic mass is 10.0. The summed E-state index contributed by atoms with van der Waals surface area (Å²) in [4.78, 5) is 0. The summed E-state index contributed by atoms with van der Waals surface area (Å²) in [6.07, 6.45) is 0. The van der Waals surface area contributed by atoms with Gasteiger partial charge in [0.2, 0.25) is 0 Å². The highest BCUT2D eigenvalue weighted by atomic mass is 19.1. The summed E-state index contributed by atoms with van der Waals surface area (Å²) >= 11 is 0. The molecule has 100 valence electrons. The largest absolute Gasteiger partial charge is 0.508 e. The van der Waals surface area contributed by atoms with Crippen LogP contribution in [0, 0.1) is 12.7 Å². The van der Waals surface area contributed by atoms with Gasteiger partial charge in [0, 0.05) is 18.2 Å². The van der Waals surface area contributed by atoms with E-state index in [1.807, 2.05) is 32.0 Å². The number of phenols is 1. The summed E-state index contributed by atoms with van der Waals surface area (Å²) in [5.41, 5.74) is 2.76. The molecule has 19 heavy (non-hydrogen) atoms. The topological polar surface area (TPSA) is 32.3 Å². The number of nitrogens with one attached hydrogen (secondary N) is 1. The fraction of sp³-hybridized carbons (Fsp3) is 0.250. The van der Waals surface area contributed by atoms with Gasteiger partial charge < -0.3 is 10.4 Å². The van der Waals surface area contributed by atoms with Gasteiger partial charge in [0.25, 0.3) is 0 Å². The Hall–Kier alpha value is -1.87. The van der Waals surface area contributed by atoms with Gasteiger partial charge in [-0.05, 0) is 43.2 Å². The van der Waals surface area contributed by atoms with Crippen molar-refractivity contribution in [2.45, 2.75) is 26.4 Å². The molecule has 1 unspecified atom stereocenters. The second-order valence-electron chi connectivity index (χ2n) is 4.79. The van der Waals surface area contributed by atoms with Crippen molar-refractivity contribution in [2.24, 2.45) is 0 Å². The third kappa shape index (κ3) is 3.55. The van der Waals surface area contributed by atoms with E-state index < -0.39 is 0 Å². The van der Waals surface area contributed by atoms with Crippen LogP contribution in [0.4, 0.5) is 4.39 Å². The van der Waals surface area contributed by atoms with Crippen LogP contribution >= 0.6 is 0 Å². The lowest BCUT2D eigenvalue weighted by molar-refractivity contribution is 0.452. The van der Waals surface area contributed by atoms with E-state index in [-0.39, 0.29) is 11.9 Å². The van der Waals surface area contributed by atoms with Crippen LogP contribution in [0.25, 0.3) is 0 Å². The summed E-state index contributed by atoms with van der Waals surface area (Å²) in [7, 11) is 0. The molecular weight excluding hydrogens is 241 g/mol. The van der Waals surface area contributed by atoms with Crippen molar-refractivity contribution in [1.29, 1.82) is 0 Å². The van der Waals surface area contributed by atoms with Gasteiger partial charge >= 0.3 is 0 Å². The molecule has 0 radical (unpaired) electrons. The van der Waals surface area contributed by atoms with E-state index in [2.05, 4.69) is 5.32 Å². The number of hydrogen-bond acceptors (Lipinski definition) is 2. The zero-order chi connectivity index (χ0) is 13.8. The van der Waals surface area contributed by atoms with Crippen LogP contribution in [0.3, 0.4) is 0 Å². The van der Waals surface area contributed by atoms with E-state index in [1.54, 1.807) is 12.1 Å². The first-order chi connectivity index (χ1) is 9.06. The van der Waals surface area contributed by atoms with Crippen LogP contribution in [-0.4, -0.2) is 5.11 Å². The first-order valence-corrected chi connectivity index (χ1v) is 6.33. The molecule has 0 fully saturated rings. The molecule has 0 saturated heterocycles. The number of aryl methyl sites for hydroxylation is 1. The van der Waals surface area contributed by atoms with Crippen molar-refractivity contribution in [1.82, 2.24) is 5.32 Å². The lowest BCUT2D eigenvalue weighted by Crippen LogP contribution is -2.18. The Bertz CT molecular complexity index is 568. The summed E-state index contributed by atoms with van der Waals surface area (Å²) in [6, 6.07) is 12.1. The van der Waals surface area contributed by atoms with Gasteiger partial charge in [-0.1, -0.05) is 24.3 Å². The Morgan fingerprint density at radius 3 is 2.68 bits per heavy atom. The molecule has 0 aliphatic heterocycles. The average molecular weight is 259 g/mol. The molecule has 3 heteroatoms. The zero-order valence-corrected chi connectivity index (χ0v) is 11.2. The van der Waals surface area contributed by atoms with Gasteiger partial charge in [0.15, 0.2) is 0 Å². The van der Waals surface area contributed by atoms with Crippen molar-refractivity contribution < 1.29 is 9.50 Å². The lowest BCUT2D eigenvalue weighted by Gasteiger charge is -2.16. The van der Waals surface area contributed by atoms with E-state index in [4.69, 9.17) is 0 Å². The van der Waals surface area contributed by atoms with Crippen LogP contribution in [0.2, 0.25) is 0 Å². The number of aromatic hydroxyl groups is 1. The van der Waals surface area contributed by atoms with Crippen LogP contribution in [0.15, 0.2) is 42.5 Å². The van der Waals surface area contributed by atoms with Crippen molar-refractivity contribution in [2.75, 3.05) is 0 Å². The molecule has 1 atom stereocenters. The third-order valence-electron chi connectivity index (χ3n) is 3.15. The van der Waals surface area contributed by atoms with Gasteiger partial charge in [-0.15, -0.1) is 0 Å². The summed E-state index contributed by atoms with van der Waals surface area (Å²) in [6.45, 7) is 4.48. The number of rotatable bonds is 4. The van der Waals surface area contributed by atoms with Gasteiger partial charge in [-0.25, -0.2) is 4.39 Å². The van der Waals surface area contributed by atoms with Crippen molar-refractivity contribution in [3.8, 4) is 5.75 Å².